The molecule has 0 saturated carbocycles. The van der Waals surface area contributed by atoms with Crippen molar-refractivity contribution in [2.45, 2.75) is 19.3 Å². The molecule has 0 atom stereocenters. The Bertz CT molecular complexity index is 744. The minimum Gasteiger partial charge on any atom is -0.294 e. The van der Waals surface area contributed by atoms with Crippen LogP contribution in [0.4, 0.5) is 4.39 Å². The molecule has 0 aliphatic heterocycles. The number of ketones is 1. The number of rotatable bonds is 1. The summed E-state index contributed by atoms with van der Waals surface area (Å²) < 4.78 is 14.5. The number of halogens is 1. The molecule has 1 aliphatic rings. The van der Waals surface area contributed by atoms with E-state index >= 15 is 0 Å². The zero-order chi connectivity index (χ0) is 14.3. The van der Waals surface area contributed by atoms with Crippen molar-refractivity contribution in [2.75, 3.05) is 0 Å². The largest absolute Gasteiger partial charge is 0.294 e. The highest BCUT2D eigenvalue weighted by Crippen LogP contribution is 2.23. The Morgan fingerprint density at radius 3 is 2.50 bits per heavy atom. The van der Waals surface area contributed by atoms with E-state index in [2.05, 4.69) is 6.92 Å². The number of aromatic nitrogens is 1. The van der Waals surface area contributed by atoms with E-state index in [0.29, 0.717) is 29.8 Å². The first-order chi connectivity index (χ1) is 9.58. The van der Waals surface area contributed by atoms with E-state index in [0.717, 1.165) is 6.42 Å². The minimum absolute atomic E-state index is 0.0343. The third kappa shape index (κ3) is 1.97. The van der Waals surface area contributed by atoms with Crippen LogP contribution in [-0.2, 0) is 6.42 Å². The first kappa shape index (κ1) is 12.8. The predicted octanol–water partition coefficient (Wildman–Crippen LogP) is 2.68. The van der Waals surface area contributed by atoms with Crippen LogP contribution in [0.25, 0.3) is 5.69 Å². The molecule has 1 heterocycles. The molecule has 0 bridgehead atoms. The zero-order valence-corrected chi connectivity index (χ0v) is 10.9. The van der Waals surface area contributed by atoms with Crippen LogP contribution < -0.4 is 5.56 Å². The van der Waals surface area contributed by atoms with E-state index in [-0.39, 0.29) is 22.7 Å². The number of pyridine rings is 1. The number of hydrogen-bond donors (Lipinski definition) is 0. The SMILES string of the molecule is [CH2]c1cc2c(n(-c3ccc(F)cc3)c1=O)CCCC2=O. The van der Waals surface area contributed by atoms with Gasteiger partial charge in [0, 0.05) is 28.9 Å². The Labute approximate surface area is 115 Å². The molecule has 3 nitrogen and oxygen atoms in total. The van der Waals surface area contributed by atoms with E-state index < -0.39 is 0 Å². The van der Waals surface area contributed by atoms with E-state index in [1.54, 1.807) is 6.07 Å². The van der Waals surface area contributed by atoms with Crippen LogP contribution in [0.2, 0.25) is 0 Å². The lowest BCUT2D eigenvalue weighted by atomic mass is 9.93. The lowest BCUT2D eigenvalue weighted by Crippen LogP contribution is -2.29. The first-order valence-corrected chi connectivity index (χ1v) is 6.48. The average molecular weight is 270 g/mol. The molecule has 0 unspecified atom stereocenters. The summed E-state index contributed by atoms with van der Waals surface area (Å²) in [5, 5.41) is 0. The number of Topliss-reactive ketones (excluding diaryl/α,β-unsaturated/α-hetero) is 1. The molecule has 1 radical (unpaired) electrons. The van der Waals surface area contributed by atoms with Crippen LogP contribution in [0.3, 0.4) is 0 Å². The van der Waals surface area contributed by atoms with Crippen LogP contribution >= 0.6 is 0 Å². The molecule has 2 aromatic rings. The topological polar surface area (TPSA) is 39.1 Å². The van der Waals surface area contributed by atoms with Crippen LogP contribution in [0.15, 0.2) is 35.1 Å². The van der Waals surface area contributed by atoms with Crippen molar-refractivity contribution in [1.82, 2.24) is 4.57 Å². The Balaban J connectivity index is 2.31. The molecule has 101 valence electrons. The molecule has 1 aromatic heterocycles. The summed E-state index contributed by atoms with van der Waals surface area (Å²) in [6, 6.07) is 7.24. The van der Waals surface area contributed by atoms with Gasteiger partial charge in [-0.2, -0.15) is 0 Å². The Hall–Kier alpha value is -2.23. The van der Waals surface area contributed by atoms with Crippen molar-refractivity contribution in [3.05, 3.63) is 70.2 Å². The summed E-state index contributed by atoms with van der Waals surface area (Å²) in [5.74, 6) is -0.329. The van der Waals surface area contributed by atoms with E-state index in [1.165, 1.54) is 28.8 Å². The van der Waals surface area contributed by atoms with Crippen molar-refractivity contribution >= 4 is 5.78 Å². The van der Waals surface area contributed by atoms with Crippen molar-refractivity contribution in [1.29, 1.82) is 0 Å². The van der Waals surface area contributed by atoms with Gasteiger partial charge < -0.3 is 0 Å². The third-order valence-corrected chi connectivity index (χ3v) is 3.58. The van der Waals surface area contributed by atoms with Gasteiger partial charge in [-0.3, -0.25) is 14.2 Å². The summed E-state index contributed by atoms with van der Waals surface area (Å²) in [5.41, 5.74) is 1.84. The monoisotopic (exact) mass is 270 g/mol. The Kier molecular flexibility index (Phi) is 3.01. The smallest absolute Gasteiger partial charge is 0.258 e. The number of nitrogens with zero attached hydrogens (tertiary/aromatic N) is 1. The van der Waals surface area contributed by atoms with Gasteiger partial charge >= 0.3 is 0 Å². The fourth-order valence-electron chi connectivity index (χ4n) is 2.61. The first-order valence-electron chi connectivity index (χ1n) is 6.48. The molecule has 4 heteroatoms. The quantitative estimate of drug-likeness (QED) is 0.799. The summed E-state index contributed by atoms with van der Waals surface area (Å²) in [7, 11) is 0. The second kappa shape index (κ2) is 4.71. The summed E-state index contributed by atoms with van der Waals surface area (Å²) >= 11 is 0. The van der Waals surface area contributed by atoms with Crippen molar-refractivity contribution in [3.8, 4) is 5.69 Å². The molecule has 20 heavy (non-hydrogen) atoms. The van der Waals surface area contributed by atoms with E-state index in [9.17, 15) is 14.0 Å². The highest BCUT2D eigenvalue weighted by Gasteiger charge is 2.22. The second-order valence-electron chi connectivity index (χ2n) is 4.92. The maximum atomic E-state index is 13.0. The van der Waals surface area contributed by atoms with Crippen molar-refractivity contribution < 1.29 is 9.18 Å². The van der Waals surface area contributed by atoms with Gasteiger partial charge in [-0.15, -0.1) is 0 Å². The van der Waals surface area contributed by atoms with Gasteiger partial charge in [-0.25, -0.2) is 4.39 Å². The maximum absolute atomic E-state index is 13.0. The van der Waals surface area contributed by atoms with Gasteiger partial charge in [0.05, 0.1) is 0 Å². The summed E-state index contributed by atoms with van der Waals surface area (Å²) in [4.78, 5) is 24.3. The minimum atomic E-state index is -0.363. The van der Waals surface area contributed by atoms with Crippen LogP contribution in [0.5, 0.6) is 0 Å². The molecule has 1 aliphatic carbocycles. The van der Waals surface area contributed by atoms with E-state index in [1.807, 2.05) is 0 Å². The van der Waals surface area contributed by atoms with Gasteiger partial charge in [0.25, 0.3) is 5.56 Å². The average Bonchev–Trinajstić information content (AvgIpc) is 2.43. The highest BCUT2D eigenvalue weighted by molar-refractivity contribution is 5.98. The van der Waals surface area contributed by atoms with Gasteiger partial charge in [0.2, 0.25) is 0 Å². The number of carbonyl (C=O) groups is 1. The molecule has 0 N–H and O–H groups in total. The zero-order valence-electron chi connectivity index (χ0n) is 10.9. The predicted molar refractivity (Wildman–Crippen MR) is 73.7 cm³/mol. The maximum Gasteiger partial charge on any atom is 0.258 e. The Morgan fingerprint density at radius 2 is 1.80 bits per heavy atom. The standard InChI is InChI=1S/C16H13FNO2/c1-10-9-13-14(3-2-4-15(13)19)18(16(10)20)12-7-5-11(17)6-8-12/h5-9H,1-4H2. The normalized spacial score (nSPS) is 14.2. The van der Waals surface area contributed by atoms with Gasteiger partial charge in [-0.05, 0) is 50.1 Å². The highest BCUT2D eigenvalue weighted by atomic mass is 19.1. The van der Waals surface area contributed by atoms with Crippen LogP contribution in [-0.4, -0.2) is 10.4 Å². The lowest BCUT2D eigenvalue weighted by molar-refractivity contribution is 0.0971. The molecular formula is C16H13FNO2. The second-order valence-corrected chi connectivity index (χ2v) is 4.92. The molecular weight excluding hydrogens is 257 g/mol. The molecule has 3 rings (SSSR count). The third-order valence-electron chi connectivity index (χ3n) is 3.58. The summed E-state index contributed by atoms with van der Waals surface area (Å²) in [6.45, 7) is 3.71. The number of carbonyl (C=O) groups excluding carboxylic acids is 1. The van der Waals surface area contributed by atoms with Gasteiger partial charge in [0.15, 0.2) is 5.78 Å². The fraction of sp³-hybridized carbons (Fsp3) is 0.188. The molecule has 0 fully saturated rings. The van der Waals surface area contributed by atoms with E-state index in [4.69, 9.17) is 0 Å². The van der Waals surface area contributed by atoms with Gasteiger partial charge in [-0.1, -0.05) is 0 Å². The number of fused-ring (bicyclic) bond motifs is 1. The lowest BCUT2D eigenvalue weighted by Gasteiger charge is -2.21. The van der Waals surface area contributed by atoms with Gasteiger partial charge in [0.1, 0.15) is 5.82 Å². The summed E-state index contributed by atoms with van der Waals surface area (Å²) in [6.07, 6.45) is 1.88. The Morgan fingerprint density at radius 1 is 1.10 bits per heavy atom. The number of hydrogen-bond acceptors (Lipinski definition) is 2. The van der Waals surface area contributed by atoms with Crippen molar-refractivity contribution in [3.63, 3.8) is 0 Å². The molecule has 0 saturated heterocycles. The van der Waals surface area contributed by atoms with Crippen LogP contribution in [0.1, 0.15) is 34.5 Å². The molecule has 0 amide bonds. The van der Waals surface area contributed by atoms with Crippen molar-refractivity contribution in [2.24, 2.45) is 0 Å². The molecule has 0 spiro atoms. The molecule has 1 aromatic carbocycles. The fourth-order valence-corrected chi connectivity index (χ4v) is 2.61. The van der Waals surface area contributed by atoms with Crippen LogP contribution in [0, 0.1) is 12.7 Å². The number of benzene rings is 1.